The molecule has 0 radical (unpaired) electrons. The number of rotatable bonds is 5. The van der Waals surface area contributed by atoms with Crippen LogP contribution in [0.5, 0.6) is 11.5 Å². The van der Waals surface area contributed by atoms with Crippen LogP contribution < -0.4 is 15.8 Å². The molecule has 0 unspecified atom stereocenters. The summed E-state index contributed by atoms with van der Waals surface area (Å²) in [6.07, 6.45) is 1.85. The predicted molar refractivity (Wildman–Crippen MR) is 133 cm³/mol. The van der Waals surface area contributed by atoms with Crippen LogP contribution in [0, 0.1) is 0 Å². The van der Waals surface area contributed by atoms with Gasteiger partial charge in [0.25, 0.3) is 5.91 Å². The lowest BCUT2D eigenvalue weighted by Crippen LogP contribution is -2.31. The summed E-state index contributed by atoms with van der Waals surface area (Å²) in [6, 6.07) is 15.1. The van der Waals surface area contributed by atoms with Crippen LogP contribution in [-0.2, 0) is 17.8 Å². The summed E-state index contributed by atoms with van der Waals surface area (Å²) >= 11 is 1.47. The number of hydrogen-bond donors (Lipinski definition) is 2. The minimum Gasteiger partial charge on any atom is -0.457 e. The van der Waals surface area contributed by atoms with E-state index in [1.54, 1.807) is 0 Å². The fourth-order valence-corrected chi connectivity index (χ4v) is 5.99. The summed E-state index contributed by atoms with van der Waals surface area (Å²) in [7, 11) is 0. The van der Waals surface area contributed by atoms with E-state index in [1.165, 1.54) is 11.3 Å². The van der Waals surface area contributed by atoms with E-state index in [4.69, 9.17) is 10.5 Å². The third-order valence-corrected chi connectivity index (χ3v) is 7.23. The number of thiophene rings is 1. The molecule has 0 bridgehead atoms. The SMILES string of the molecule is CCCN1CCc2c(sc(NC(=O)C3c4ccccc4Oc4ccccc43)c2C(N)=O)C1.Cl. The average Bonchev–Trinajstić information content (AvgIpc) is 3.14. The van der Waals surface area contributed by atoms with Crippen molar-refractivity contribution in [3.8, 4) is 11.5 Å². The van der Waals surface area contributed by atoms with Gasteiger partial charge in [0.2, 0.25) is 5.91 Å². The van der Waals surface area contributed by atoms with Crippen LogP contribution in [0.4, 0.5) is 5.00 Å². The summed E-state index contributed by atoms with van der Waals surface area (Å²) in [5.74, 6) is 0.117. The molecule has 0 saturated carbocycles. The first kappa shape index (κ1) is 23.3. The molecule has 2 amide bonds. The predicted octanol–water partition coefficient (Wildman–Crippen LogP) is 4.91. The van der Waals surface area contributed by atoms with Gasteiger partial charge in [-0.25, -0.2) is 0 Å². The van der Waals surface area contributed by atoms with Crippen molar-refractivity contribution in [1.82, 2.24) is 4.90 Å². The first-order valence-electron chi connectivity index (χ1n) is 10.9. The summed E-state index contributed by atoms with van der Waals surface area (Å²) in [4.78, 5) is 29.5. The van der Waals surface area contributed by atoms with Gasteiger partial charge in [-0.1, -0.05) is 43.3 Å². The van der Waals surface area contributed by atoms with Crippen molar-refractivity contribution in [1.29, 1.82) is 0 Å². The summed E-state index contributed by atoms with van der Waals surface area (Å²) in [5, 5.41) is 3.60. The Balaban J connectivity index is 0.00000259. The van der Waals surface area contributed by atoms with Gasteiger partial charge in [0.05, 0.1) is 11.5 Å². The quantitative estimate of drug-likeness (QED) is 0.539. The van der Waals surface area contributed by atoms with E-state index in [0.29, 0.717) is 22.1 Å². The van der Waals surface area contributed by atoms with Crippen molar-refractivity contribution in [2.24, 2.45) is 5.73 Å². The molecule has 172 valence electrons. The third kappa shape index (κ3) is 4.24. The first-order chi connectivity index (χ1) is 15.6. The third-order valence-electron chi connectivity index (χ3n) is 6.10. The summed E-state index contributed by atoms with van der Waals surface area (Å²) in [5.41, 5.74) is 8.82. The highest BCUT2D eigenvalue weighted by Crippen LogP contribution is 2.45. The van der Waals surface area contributed by atoms with Gasteiger partial charge in [0.1, 0.15) is 16.5 Å². The van der Waals surface area contributed by atoms with Gasteiger partial charge in [-0.2, -0.15) is 0 Å². The second-order valence-corrected chi connectivity index (χ2v) is 9.30. The fourth-order valence-electron chi connectivity index (χ4n) is 4.69. The van der Waals surface area contributed by atoms with E-state index in [1.807, 2.05) is 48.5 Å². The molecule has 1 aromatic heterocycles. The Hall–Kier alpha value is -2.87. The number of halogens is 1. The molecular weight excluding hydrogens is 458 g/mol. The zero-order valence-corrected chi connectivity index (χ0v) is 19.9. The van der Waals surface area contributed by atoms with Crippen molar-refractivity contribution in [2.45, 2.75) is 32.2 Å². The van der Waals surface area contributed by atoms with E-state index in [-0.39, 0.29) is 18.3 Å². The van der Waals surface area contributed by atoms with Gasteiger partial charge in [-0.3, -0.25) is 14.5 Å². The highest BCUT2D eigenvalue weighted by molar-refractivity contribution is 7.17. The van der Waals surface area contributed by atoms with Gasteiger partial charge in [-0.05, 0) is 37.1 Å². The van der Waals surface area contributed by atoms with Crippen LogP contribution >= 0.6 is 23.7 Å². The molecule has 0 atom stereocenters. The molecular formula is C25H26ClN3O3S. The maximum absolute atomic E-state index is 13.6. The Morgan fingerprint density at radius 1 is 1.12 bits per heavy atom. The number of benzene rings is 2. The smallest absolute Gasteiger partial charge is 0.251 e. The number of nitrogens with one attached hydrogen (secondary N) is 1. The van der Waals surface area contributed by atoms with Gasteiger partial charge >= 0.3 is 0 Å². The van der Waals surface area contributed by atoms with E-state index in [9.17, 15) is 9.59 Å². The molecule has 3 N–H and O–H groups in total. The second-order valence-electron chi connectivity index (χ2n) is 8.20. The molecule has 2 aliphatic heterocycles. The fraction of sp³-hybridized carbons (Fsp3) is 0.280. The lowest BCUT2D eigenvalue weighted by atomic mass is 9.87. The Morgan fingerprint density at radius 3 is 2.36 bits per heavy atom. The lowest BCUT2D eigenvalue weighted by molar-refractivity contribution is -0.116. The highest BCUT2D eigenvalue weighted by Gasteiger charge is 2.34. The van der Waals surface area contributed by atoms with Crippen molar-refractivity contribution < 1.29 is 14.3 Å². The second kappa shape index (κ2) is 9.55. The maximum atomic E-state index is 13.6. The Labute approximate surface area is 203 Å². The largest absolute Gasteiger partial charge is 0.457 e. The van der Waals surface area contributed by atoms with Crippen LogP contribution in [-0.4, -0.2) is 29.8 Å². The van der Waals surface area contributed by atoms with Gasteiger partial charge < -0.3 is 15.8 Å². The topological polar surface area (TPSA) is 84.7 Å². The number of nitrogens with zero attached hydrogens (tertiary/aromatic N) is 1. The number of amides is 2. The van der Waals surface area contributed by atoms with E-state index in [0.717, 1.165) is 54.0 Å². The minimum absolute atomic E-state index is 0. The van der Waals surface area contributed by atoms with Gasteiger partial charge in [0.15, 0.2) is 0 Å². The molecule has 33 heavy (non-hydrogen) atoms. The molecule has 0 fully saturated rings. The number of primary amides is 1. The molecule has 0 spiro atoms. The number of fused-ring (bicyclic) bond motifs is 3. The standard InChI is InChI=1S/C25H25N3O3S.ClH/c1-2-12-28-13-11-17-20(14-28)32-25(22(17)23(26)29)27-24(30)21-15-7-3-5-9-18(15)31-19-10-6-4-8-16(19)21;/h3-10,21H,2,11-14H2,1H3,(H2,26,29)(H,27,30);1H. The van der Waals surface area contributed by atoms with E-state index in [2.05, 4.69) is 17.1 Å². The van der Waals surface area contributed by atoms with Crippen LogP contribution in [0.25, 0.3) is 0 Å². The Kier molecular flexibility index (Phi) is 6.74. The number of hydrogen-bond acceptors (Lipinski definition) is 5. The van der Waals surface area contributed by atoms with E-state index < -0.39 is 11.8 Å². The normalized spacial score (nSPS) is 14.8. The van der Waals surface area contributed by atoms with Crippen molar-refractivity contribution in [3.63, 3.8) is 0 Å². The highest BCUT2D eigenvalue weighted by atomic mass is 35.5. The van der Waals surface area contributed by atoms with Crippen LogP contribution in [0.1, 0.15) is 51.2 Å². The number of nitrogens with two attached hydrogens (primary N) is 1. The first-order valence-corrected chi connectivity index (χ1v) is 11.7. The molecule has 5 rings (SSSR count). The Morgan fingerprint density at radius 2 is 1.76 bits per heavy atom. The number of anilines is 1. The summed E-state index contributed by atoms with van der Waals surface area (Å²) in [6.45, 7) is 4.85. The summed E-state index contributed by atoms with van der Waals surface area (Å²) < 4.78 is 6.01. The molecule has 8 heteroatoms. The van der Waals surface area contributed by atoms with Crippen molar-refractivity contribution in [2.75, 3.05) is 18.4 Å². The molecule has 0 aliphatic carbocycles. The van der Waals surface area contributed by atoms with Crippen LogP contribution in [0.15, 0.2) is 48.5 Å². The average molecular weight is 484 g/mol. The zero-order chi connectivity index (χ0) is 22.2. The molecule has 2 aromatic carbocycles. The van der Waals surface area contributed by atoms with Crippen LogP contribution in [0.3, 0.4) is 0 Å². The number of carbonyl (C=O) groups is 2. The lowest BCUT2D eigenvalue weighted by Gasteiger charge is -2.27. The number of ether oxygens (including phenoxy) is 1. The number of para-hydroxylation sites is 2. The number of carbonyl (C=O) groups excluding carboxylic acids is 2. The van der Waals surface area contributed by atoms with Crippen LogP contribution in [0.2, 0.25) is 0 Å². The monoisotopic (exact) mass is 483 g/mol. The van der Waals surface area contributed by atoms with Gasteiger partial charge in [0, 0.05) is 29.1 Å². The Bertz CT molecular complexity index is 1160. The van der Waals surface area contributed by atoms with Gasteiger partial charge in [-0.15, -0.1) is 23.7 Å². The van der Waals surface area contributed by atoms with Crippen molar-refractivity contribution >= 4 is 40.6 Å². The van der Waals surface area contributed by atoms with Crippen molar-refractivity contribution in [3.05, 3.63) is 75.7 Å². The van der Waals surface area contributed by atoms with E-state index >= 15 is 0 Å². The molecule has 2 aliphatic rings. The maximum Gasteiger partial charge on any atom is 0.251 e. The molecule has 3 aromatic rings. The molecule has 6 nitrogen and oxygen atoms in total. The minimum atomic E-state index is -0.535. The molecule has 0 saturated heterocycles. The zero-order valence-electron chi connectivity index (χ0n) is 18.3. The molecule has 3 heterocycles.